The van der Waals surface area contributed by atoms with E-state index in [1.165, 1.54) is 0 Å². The summed E-state index contributed by atoms with van der Waals surface area (Å²) in [7, 11) is 1.96. The van der Waals surface area contributed by atoms with Gasteiger partial charge < -0.3 is 10.3 Å². The number of nitriles is 1. The number of hydrogen-bond acceptors (Lipinski definition) is 3. The summed E-state index contributed by atoms with van der Waals surface area (Å²) in [5.74, 6) is 0.274. The normalized spacial score (nSPS) is 10.4. The predicted octanol–water partition coefficient (Wildman–Crippen LogP) is 3.52. The van der Waals surface area contributed by atoms with Crippen molar-refractivity contribution < 1.29 is 0 Å². The Hall–Kier alpha value is -3.06. The summed E-state index contributed by atoms with van der Waals surface area (Å²) in [5, 5.41) is 9.57. The zero-order valence-corrected chi connectivity index (χ0v) is 12.5. The molecule has 4 nitrogen and oxygen atoms in total. The van der Waals surface area contributed by atoms with Gasteiger partial charge in [-0.15, -0.1) is 0 Å². The Morgan fingerprint density at radius 2 is 1.82 bits per heavy atom. The Kier molecular flexibility index (Phi) is 3.40. The van der Waals surface area contributed by atoms with Crippen molar-refractivity contribution in [3.63, 3.8) is 0 Å². The van der Waals surface area contributed by atoms with Crippen molar-refractivity contribution in [3.8, 4) is 28.5 Å². The van der Waals surface area contributed by atoms with Gasteiger partial charge in [0.05, 0.1) is 0 Å². The van der Waals surface area contributed by atoms with E-state index >= 15 is 0 Å². The molecule has 2 N–H and O–H groups in total. The van der Waals surface area contributed by atoms with Crippen LogP contribution in [0, 0.1) is 18.3 Å². The molecule has 2 heterocycles. The van der Waals surface area contributed by atoms with E-state index in [-0.39, 0.29) is 5.82 Å². The van der Waals surface area contributed by atoms with Crippen LogP contribution in [0.15, 0.2) is 48.7 Å². The first-order valence-electron chi connectivity index (χ1n) is 7.00. The number of anilines is 1. The second-order valence-corrected chi connectivity index (χ2v) is 5.19. The summed E-state index contributed by atoms with van der Waals surface area (Å²) < 4.78 is 1.99. The van der Waals surface area contributed by atoms with Gasteiger partial charge in [0.25, 0.3) is 0 Å². The van der Waals surface area contributed by atoms with Crippen molar-refractivity contribution in [2.75, 3.05) is 5.73 Å². The van der Waals surface area contributed by atoms with Crippen LogP contribution in [-0.4, -0.2) is 9.55 Å². The second-order valence-electron chi connectivity index (χ2n) is 5.19. The van der Waals surface area contributed by atoms with E-state index < -0.39 is 0 Å². The molecule has 0 spiro atoms. The van der Waals surface area contributed by atoms with Crippen LogP contribution >= 0.6 is 0 Å². The summed E-state index contributed by atoms with van der Waals surface area (Å²) >= 11 is 0. The molecule has 4 heteroatoms. The number of benzene rings is 1. The number of aromatic nitrogens is 2. The van der Waals surface area contributed by atoms with Gasteiger partial charge in [-0.25, -0.2) is 4.98 Å². The molecule has 108 valence electrons. The molecule has 0 saturated carbocycles. The summed E-state index contributed by atoms with van der Waals surface area (Å²) in [6, 6.07) is 16.1. The summed E-state index contributed by atoms with van der Waals surface area (Å²) in [6.07, 6.45) is 1.96. The number of nitrogens with zero attached hydrogens (tertiary/aromatic N) is 3. The van der Waals surface area contributed by atoms with E-state index in [0.717, 1.165) is 28.1 Å². The minimum Gasteiger partial charge on any atom is -0.383 e. The first-order chi connectivity index (χ1) is 10.6. The van der Waals surface area contributed by atoms with Crippen LogP contribution in [0.3, 0.4) is 0 Å². The fraction of sp³-hybridized carbons (Fsp3) is 0.111. The van der Waals surface area contributed by atoms with Crippen molar-refractivity contribution in [1.82, 2.24) is 9.55 Å². The third kappa shape index (κ3) is 2.13. The third-order valence-corrected chi connectivity index (χ3v) is 3.78. The Labute approximate surface area is 129 Å². The Balaban J connectivity index is 2.45. The molecular formula is C18H16N4. The lowest BCUT2D eigenvalue weighted by Gasteiger charge is -2.16. The smallest absolute Gasteiger partial charge is 0.142 e. The number of aryl methyl sites for hydroxylation is 2. The highest BCUT2D eigenvalue weighted by Crippen LogP contribution is 2.38. The van der Waals surface area contributed by atoms with Crippen LogP contribution in [-0.2, 0) is 7.05 Å². The lowest BCUT2D eigenvalue weighted by atomic mass is 9.93. The topological polar surface area (TPSA) is 67.6 Å². The predicted molar refractivity (Wildman–Crippen MR) is 87.9 cm³/mol. The van der Waals surface area contributed by atoms with Gasteiger partial charge in [-0.05, 0) is 24.6 Å². The molecule has 1 aromatic carbocycles. The van der Waals surface area contributed by atoms with Gasteiger partial charge in [0.1, 0.15) is 17.5 Å². The largest absolute Gasteiger partial charge is 0.383 e. The van der Waals surface area contributed by atoms with E-state index in [0.29, 0.717) is 5.56 Å². The Bertz CT molecular complexity index is 870. The van der Waals surface area contributed by atoms with Crippen LogP contribution in [0.25, 0.3) is 22.4 Å². The van der Waals surface area contributed by atoms with E-state index in [9.17, 15) is 5.26 Å². The fourth-order valence-electron chi connectivity index (χ4n) is 2.77. The minimum absolute atomic E-state index is 0.274. The molecule has 0 amide bonds. The molecule has 3 aromatic rings. The molecule has 3 rings (SSSR count). The Morgan fingerprint density at radius 1 is 1.09 bits per heavy atom. The zero-order chi connectivity index (χ0) is 15.7. The van der Waals surface area contributed by atoms with E-state index in [2.05, 4.69) is 11.1 Å². The van der Waals surface area contributed by atoms with E-state index in [1.807, 2.05) is 67.2 Å². The van der Waals surface area contributed by atoms with Crippen LogP contribution < -0.4 is 5.73 Å². The molecular weight excluding hydrogens is 272 g/mol. The maximum absolute atomic E-state index is 9.57. The summed E-state index contributed by atoms with van der Waals surface area (Å²) in [5.41, 5.74) is 11.0. The van der Waals surface area contributed by atoms with Gasteiger partial charge in [0.2, 0.25) is 0 Å². The van der Waals surface area contributed by atoms with Crippen molar-refractivity contribution >= 4 is 5.82 Å². The molecule has 0 aliphatic heterocycles. The molecule has 0 aliphatic carbocycles. The van der Waals surface area contributed by atoms with Gasteiger partial charge in [0, 0.05) is 35.8 Å². The molecule has 0 unspecified atom stereocenters. The monoisotopic (exact) mass is 288 g/mol. The van der Waals surface area contributed by atoms with Crippen molar-refractivity contribution in [3.05, 3.63) is 59.9 Å². The van der Waals surface area contributed by atoms with Crippen LogP contribution in [0.1, 0.15) is 11.3 Å². The first kappa shape index (κ1) is 13.9. The van der Waals surface area contributed by atoms with Crippen molar-refractivity contribution in [1.29, 1.82) is 5.26 Å². The SMILES string of the molecule is Cc1nc(N)c(C#N)c(-c2cccn2C)c1-c1ccccc1. The number of pyridine rings is 1. The highest BCUT2D eigenvalue weighted by molar-refractivity contribution is 5.90. The average molecular weight is 288 g/mol. The van der Waals surface area contributed by atoms with Crippen molar-refractivity contribution in [2.24, 2.45) is 7.05 Å². The minimum atomic E-state index is 0.274. The van der Waals surface area contributed by atoms with E-state index in [4.69, 9.17) is 5.73 Å². The first-order valence-corrected chi connectivity index (χ1v) is 7.00. The van der Waals surface area contributed by atoms with Crippen LogP contribution in [0.5, 0.6) is 0 Å². The molecule has 2 aromatic heterocycles. The molecule has 0 bridgehead atoms. The highest BCUT2D eigenvalue weighted by atomic mass is 14.9. The second kappa shape index (κ2) is 5.38. The molecule has 0 radical (unpaired) electrons. The standard InChI is InChI=1S/C18H16N4/c1-12-16(13-7-4-3-5-8-13)17(14(11-19)18(20)21-12)15-9-6-10-22(15)2/h3-10H,1-2H3,(H2,20,21). The maximum atomic E-state index is 9.57. The maximum Gasteiger partial charge on any atom is 0.142 e. The molecule has 0 fully saturated rings. The van der Waals surface area contributed by atoms with Gasteiger partial charge >= 0.3 is 0 Å². The molecule has 0 saturated heterocycles. The number of nitrogen functional groups attached to an aromatic ring is 1. The summed E-state index contributed by atoms with van der Waals surface area (Å²) in [6.45, 7) is 1.92. The van der Waals surface area contributed by atoms with Gasteiger partial charge in [-0.1, -0.05) is 30.3 Å². The van der Waals surface area contributed by atoms with Crippen LogP contribution in [0.2, 0.25) is 0 Å². The molecule has 22 heavy (non-hydrogen) atoms. The average Bonchev–Trinajstić information content (AvgIpc) is 2.93. The highest BCUT2D eigenvalue weighted by Gasteiger charge is 2.20. The third-order valence-electron chi connectivity index (χ3n) is 3.78. The van der Waals surface area contributed by atoms with Crippen molar-refractivity contribution in [2.45, 2.75) is 6.92 Å². The quantitative estimate of drug-likeness (QED) is 0.784. The molecule has 0 aliphatic rings. The van der Waals surface area contributed by atoms with E-state index in [1.54, 1.807) is 0 Å². The van der Waals surface area contributed by atoms with Gasteiger partial charge in [0.15, 0.2) is 0 Å². The molecule has 0 atom stereocenters. The summed E-state index contributed by atoms with van der Waals surface area (Å²) in [4.78, 5) is 4.37. The lowest BCUT2D eigenvalue weighted by Crippen LogP contribution is -2.04. The van der Waals surface area contributed by atoms with Gasteiger partial charge in [-0.3, -0.25) is 0 Å². The number of rotatable bonds is 2. The fourth-order valence-corrected chi connectivity index (χ4v) is 2.77. The lowest BCUT2D eigenvalue weighted by molar-refractivity contribution is 0.936. The number of hydrogen-bond donors (Lipinski definition) is 1. The Morgan fingerprint density at radius 3 is 2.41 bits per heavy atom. The van der Waals surface area contributed by atoms with Crippen LogP contribution in [0.4, 0.5) is 5.82 Å². The zero-order valence-electron chi connectivity index (χ0n) is 12.5. The number of nitrogens with two attached hydrogens (primary N) is 1. The van der Waals surface area contributed by atoms with Gasteiger partial charge in [-0.2, -0.15) is 5.26 Å².